The molecule has 0 saturated heterocycles. The standard InChI is InChI=1S/C16H18N2OS2/c1-11-2-3-15(13(17)8-11)21-10-16(19)18-6-4-14-12(9-18)5-7-20-14/h2-3,5,7-8H,4,6,9-10,17H2,1H3. The van der Waals surface area contributed by atoms with Crippen molar-refractivity contribution in [3.8, 4) is 0 Å². The van der Waals surface area contributed by atoms with E-state index >= 15 is 0 Å². The van der Waals surface area contributed by atoms with Gasteiger partial charge in [-0.3, -0.25) is 4.79 Å². The van der Waals surface area contributed by atoms with E-state index in [-0.39, 0.29) is 5.91 Å². The number of amides is 1. The number of benzene rings is 1. The van der Waals surface area contributed by atoms with Crippen LogP contribution in [0.1, 0.15) is 16.0 Å². The first-order valence-corrected chi connectivity index (χ1v) is 8.82. The quantitative estimate of drug-likeness (QED) is 0.697. The third-order valence-electron chi connectivity index (χ3n) is 3.68. The Morgan fingerprint density at radius 2 is 2.29 bits per heavy atom. The van der Waals surface area contributed by atoms with Gasteiger partial charge in [0, 0.05) is 28.5 Å². The van der Waals surface area contributed by atoms with Gasteiger partial charge in [-0.05, 0) is 48.1 Å². The molecule has 0 unspecified atom stereocenters. The second kappa shape index (κ2) is 6.12. The molecule has 3 rings (SSSR count). The van der Waals surface area contributed by atoms with Gasteiger partial charge in [-0.1, -0.05) is 6.07 Å². The van der Waals surface area contributed by atoms with Gasteiger partial charge in [-0.2, -0.15) is 0 Å². The van der Waals surface area contributed by atoms with E-state index in [9.17, 15) is 4.79 Å². The number of aryl methyl sites for hydroxylation is 1. The van der Waals surface area contributed by atoms with Crippen LogP contribution in [-0.2, 0) is 17.8 Å². The molecule has 1 aromatic carbocycles. The predicted octanol–water partition coefficient (Wildman–Crippen LogP) is 3.32. The van der Waals surface area contributed by atoms with Crippen molar-refractivity contribution in [3.05, 3.63) is 45.6 Å². The number of thiophene rings is 1. The molecular formula is C16H18N2OS2. The van der Waals surface area contributed by atoms with Gasteiger partial charge in [-0.15, -0.1) is 23.1 Å². The number of hydrogen-bond acceptors (Lipinski definition) is 4. The fourth-order valence-electron chi connectivity index (χ4n) is 2.49. The lowest BCUT2D eigenvalue weighted by atomic mass is 10.1. The highest BCUT2D eigenvalue weighted by molar-refractivity contribution is 8.00. The Morgan fingerprint density at radius 1 is 1.43 bits per heavy atom. The van der Waals surface area contributed by atoms with Crippen LogP contribution in [0.3, 0.4) is 0 Å². The molecule has 0 fully saturated rings. The van der Waals surface area contributed by atoms with Crippen molar-refractivity contribution in [3.63, 3.8) is 0 Å². The largest absolute Gasteiger partial charge is 0.398 e. The molecule has 1 aliphatic heterocycles. The zero-order chi connectivity index (χ0) is 14.8. The molecule has 21 heavy (non-hydrogen) atoms. The molecule has 1 amide bonds. The van der Waals surface area contributed by atoms with Crippen molar-refractivity contribution in [2.24, 2.45) is 0 Å². The minimum atomic E-state index is 0.192. The van der Waals surface area contributed by atoms with E-state index in [0.717, 1.165) is 35.7 Å². The van der Waals surface area contributed by atoms with E-state index in [1.165, 1.54) is 22.2 Å². The van der Waals surface area contributed by atoms with Crippen LogP contribution in [0.4, 0.5) is 5.69 Å². The lowest BCUT2D eigenvalue weighted by Gasteiger charge is -2.27. The lowest BCUT2D eigenvalue weighted by Crippen LogP contribution is -2.36. The maximum Gasteiger partial charge on any atom is 0.233 e. The molecule has 2 heterocycles. The van der Waals surface area contributed by atoms with E-state index in [2.05, 4.69) is 11.4 Å². The highest BCUT2D eigenvalue weighted by atomic mass is 32.2. The van der Waals surface area contributed by atoms with E-state index in [4.69, 9.17) is 5.73 Å². The summed E-state index contributed by atoms with van der Waals surface area (Å²) in [6.07, 6.45) is 0.982. The molecule has 1 aromatic heterocycles. The molecule has 0 radical (unpaired) electrons. The van der Waals surface area contributed by atoms with Crippen LogP contribution in [0, 0.1) is 6.92 Å². The molecule has 0 aliphatic carbocycles. The summed E-state index contributed by atoms with van der Waals surface area (Å²) in [6.45, 7) is 3.60. The Labute approximate surface area is 133 Å². The van der Waals surface area contributed by atoms with Gasteiger partial charge in [0.05, 0.1) is 5.75 Å². The van der Waals surface area contributed by atoms with E-state index < -0.39 is 0 Å². The number of nitrogens with two attached hydrogens (primary N) is 1. The van der Waals surface area contributed by atoms with Gasteiger partial charge in [0.25, 0.3) is 0 Å². The molecule has 110 valence electrons. The van der Waals surface area contributed by atoms with Crippen LogP contribution in [0.15, 0.2) is 34.5 Å². The van der Waals surface area contributed by atoms with Gasteiger partial charge in [0.15, 0.2) is 0 Å². The molecule has 0 atom stereocenters. The van der Waals surface area contributed by atoms with Gasteiger partial charge in [-0.25, -0.2) is 0 Å². The number of thioether (sulfide) groups is 1. The second-order valence-corrected chi connectivity index (χ2v) is 7.28. The Kier molecular flexibility index (Phi) is 4.22. The van der Waals surface area contributed by atoms with Crippen LogP contribution >= 0.6 is 23.1 Å². The number of nitrogens with zero attached hydrogens (tertiary/aromatic N) is 1. The summed E-state index contributed by atoms with van der Waals surface area (Å²) in [4.78, 5) is 16.7. The van der Waals surface area contributed by atoms with Gasteiger partial charge in [0.1, 0.15) is 0 Å². The first kappa shape index (κ1) is 14.5. The topological polar surface area (TPSA) is 46.3 Å². The zero-order valence-electron chi connectivity index (χ0n) is 12.0. The number of fused-ring (bicyclic) bond motifs is 1. The summed E-state index contributed by atoms with van der Waals surface area (Å²) in [6, 6.07) is 8.10. The molecule has 2 aromatic rings. The number of carbonyl (C=O) groups excluding carboxylic acids is 1. The first-order chi connectivity index (χ1) is 10.1. The summed E-state index contributed by atoms with van der Waals surface area (Å²) in [5.74, 6) is 0.643. The monoisotopic (exact) mass is 318 g/mol. The average Bonchev–Trinajstić information content (AvgIpc) is 2.93. The second-order valence-electron chi connectivity index (χ2n) is 5.26. The van der Waals surface area contributed by atoms with Crippen molar-refractivity contribution in [1.29, 1.82) is 0 Å². The minimum Gasteiger partial charge on any atom is -0.398 e. The molecule has 2 N–H and O–H groups in total. The highest BCUT2D eigenvalue weighted by Gasteiger charge is 2.21. The van der Waals surface area contributed by atoms with E-state index in [1.54, 1.807) is 11.3 Å². The number of hydrogen-bond donors (Lipinski definition) is 1. The third-order valence-corrected chi connectivity index (χ3v) is 5.77. The average molecular weight is 318 g/mol. The first-order valence-electron chi connectivity index (χ1n) is 6.95. The molecule has 1 aliphatic rings. The molecule has 3 nitrogen and oxygen atoms in total. The number of anilines is 1. The maximum atomic E-state index is 12.3. The highest BCUT2D eigenvalue weighted by Crippen LogP contribution is 2.28. The van der Waals surface area contributed by atoms with Gasteiger partial charge >= 0.3 is 0 Å². The molecule has 0 saturated carbocycles. The van der Waals surface area contributed by atoms with Gasteiger partial charge in [0.2, 0.25) is 5.91 Å². The fourth-order valence-corrected chi connectivity index (χ4v) is 4.23. The summed E-state index contributed by atoms with van der Waals surface area (Å²) in [5, 5.41) is 2.11. The molecule has 0 bridgehead atoms. The van der Waals surface area contributed by atoms with Crippen LogP contribution in [0.5, 0.6) is 0 Å². The molecular weight excluding hydrogens is 300 g/mol. The summed E-state index contributed by atoms with van der Waals surface area (Å²) in [5.41, 5.74) is 9.19. The summed E-state index contributed by atoms with van der Waals surface area (Å²) >= 11 is 3.32. The fraction of sp³-hybridized carbons (Fsp3) is 0.312. The zero-order valence-corrected chi connectivity index (χ0v) is 13.6. The van der Waals surface area contributed by atoms with E-state index in [0.29, 0.717) is 5.75 Å². The number of carbonyl (C=O) groups is 1. The van der Waals surface area contributed by atoms with Crippen LogP contribution < -0.4 is 5.73 Å². The smallest absolute Gasteiger partial charge is 0.233 e. The third kappa shape index (κ3) is 3.24. The normalized spacial score (nSPS) is 14.0. The Bertz CT molecular complexity index is 666. The van der Waals surface area contributed by atoms with Crippen LogP contribution in [-0.4, -0.2) is 23.1 Å². The van der Waals surface area contributed by atoms with Crippen molar-refractivity contribution in [1.82, 2.24) is 4.90 Å². The maximum absolute atomic E-state index is 12.3. The predicted molar refractivity (Wildman–Crippen MR) is 89.8 cm³/mol. The SMILES string of the molecule is Cc1ccc(SCC(=O)N2CCc3sccc3C2)c(N)c1. The Morgan fingerprint density at radius 3 is 3.10 bits per heavy atom. The summed E-state index contributed by atoms with van der Waals surface area (Å²) in [7, 11) is 0. The lowest BCUT2D eigenvalue weighted by molar-refractivity contribution is -0.129. The van der Waals surface area contributed by atoms with Crippen LogP contribution in [0.2, 0.25) is 0 Å². The van der Waals surface area contributed by atoms with Crippen molar-refractivity contribution >= 4 is 34.7 Å². The Hall–Kier alpha value is -1.46. The van der Waals surface area contributed by atoms with Crippen molar-refractivity contribution < 1.29 is 4.79 Å². The number of nitrogen functional groups attached to an aromatic ring is 1. The molecule has 0 spiro atoms. The summed E-state index contributed by atoms with van der Waals surface area (Å²) < 4.78 is 0. The van der Waals surface area contributed by atoms with Gasteiger partial charge < -0.3 is 10.6 Å². The van der Waals surface area contributed by atoms with Crippen LogP contribution in [0.25, 0.3) is 0 Å². The Balaban J connectivity index is 1.60. The number of rotatable bonds is 3. The van der Waals surface area contributed by atoms with Crippen molar-refractivity contribution in [2.75, 3.05) is 18.0 Å². The minimum absolute atomic E-state index is 0.192. The molecule has 5 heteroatoms. The van der Waals surface area contributed by atoms with Crippen molar-refractivity contribution in [2.45, 2.75) is 24.8 Å². The van der Waals surface area contributed by atoms with E-state index in [1.807, 2.05) is 30.0 Å².